The summed E-state index contributed by atoms with van der Waals surface area (Å²) in [7, 11) is 0. The summed E-state index contributed by atoms with van der Waals surface area (Å²) in [6, 6.07) is 6.59. The molecule has 1 saturated carbocycles. The first-order valence-electron chi connectivity index (χ1n) is 6.32. The Morgan fingerprint density at radius 3 is 2.84 bits per heavy atom. The molecule has 6 nitrogen and oxygen atoms in total. The lowest BCUT2D eigenvalue weighted by Crippen LogP contribution is -2.25. The van der Waals surface area contributed by atoms with E-state index in [9.17, 15) is 14.9 Å². The van der Waals surface area contributed by atoms with Crippen LogP contribution >= 0.6 is 0 Å². The van der Waals surface area contributed by atoms with E-state index in [1.54, 1.807) is 18.2 Å². The van der Waals surface area contributed by atoms with Crippen LogP contribution in [-0.4, -0.2) is 23.5 Å². The van der Waals surface area contributed by atoms with Gasteiger partial charge in [-0.2, -0.15) is 0 Å². The van der Waals surface area contributed by atoms with Crippen LogP contribution in [0.15, 0.2) is 24.3 Å². The number of nitrogens with one attached hydrogen (secondary N) is 1. The van der Waals surface area contributed by atoms with Gasteiger partial charge >= 0.3 is 5.69 Å². The highest BCUT2D eigenvalue weighted by Gasteiger charge is 2.22. The number of carbonyl (C=O) groups excluding carboxylic acids is 1. The standard InChI is InChI=1S/C13H16N2O4/c16-13(14-10-7-8-10)6-3-9-19-12-5-2-1-4-11(12)15(17)18/h1-2,4-5,10H,3,6-9H2,(H,14,16). The summed E-state index contributed by atoms with van der Waals surface area (Å²) in [6.45, 7) is 0.295. The molecule has 2 rings (SSSR count). The Balaban J connectivity index is 1.72. The fourth-order valence-corrected chi connectivity index (χ4v) is 1.67. The predicted molar refractivity (Wildman–Crippen MR) is 69.0 cm³/mol. The van der Waals surface area contributed by atoms with Gasteiger partial charge in [0.05, 0.1) is 11.5 Å². The first-order chi connectivity index (χ1) is 9.16. The van der Waals surface area contributed by atoms with Gasteiger partial charge in [0, 0.05) is 18.5 Å². The van der Waals surface area contributed by atoms with Crippen LogP contribution in [0.25, 0.3) is 0 Å². The highest BCUT2D eigenvalue weighted by atomic mass is 16.6. The lowest BCUT2D eigenvalue weighted by Gasteiger charge is -2.06. The van der Waals surface area contributed by atoms with Crippen molar-refractivity contribution in [2.45, 2.75) is 31.7 Å². The largest absolute Gasteiger partial charge is 0.487 e. The van der Waals surface area contributed by atoms with Crippen molar-refractivity contribution in [3.63, 3.8) is 0 Å². The Kier molecular flexibility index (Phi) is 4.33. The molecule has 19 heavy (non-hydrogen) atoms. The molecule has 0 atom stereocenters. The molecule has 1 aliphatic carbocycles. The van der Waals surface area contributed by atoms with Crippen LogP contribution in [0.2, 0.25) is 0 Å². The number of nitro groups is 1. The van der Waals surface area contributed by atoms with Gasteiger partial charge in [0.1, 0.15) is 0 Å². The third kappa shape index (κ3) is 4.24. The smallest absolute Gasteiger partial charge is 0.310 e. The summed E-state index contributed by atoms with van der Waals surface area (Å²) in [5, 5.41) is 13.6. The molecule has 0 bridgehead atoms. The highest BCUT2D eigenvalue weighted by molar-refractivity contribution is 5.76. The molecule has 1 aromatic carbocycles. The molecule has 102 valence electrons. The number of amides is 1. The van der Waals surface area contributed by atoms with Gasteiger partial charge in [0.15, 0.2) is 5.75 Å². The fourth-order valence-electron chi connectivity index (χ4n) is 1.67. The van der Waals surface area contributed by atoms with Crippen LogP contribution in [0.3, 0.4) is 0 Å². The van der Waals surface area contributed by atoms with E-state index >= 15 is 0 Å². The quantitative estimate of drug-likeness (QED) is 0.464. The van der Waals surface area contributed by atoms with Gasteiger partial charge in [-0.05, 0) is 25.3 Å². The van der Waals surface area contributed by atoms with E-state index in [1.165, 1.54) is 6.07 Å². The number of rotatable bonds is 7. The summed E-state index contributed by atoms with van der Waals surface area (Å²) in [6.07, 6.45) is 3.07. The molecule has 0 heterocycles. The number of nitrogens with zero attached hydrogens (tertiary/aromatic N) is 1. The minimum atomic E-state index is -0.477. The molecular weight excluding hydrogens is 248 g/mol. The average molecular weight is 264 g/mol. The molecule has 0 radical (unpaired) electrons. The Bertz CT molecular complexity index is 471. The minimum absolute atomic E-state index is 0.0219. The summed E-state index contributed by atoms with van der Waals surface area (Å²) in [5.41, 5.74) is -0.0510. The Hall–Kier alpha value is -2.11. The third-order valence-electron chi connectivity index (χ3n) is 2.81. The maximum absolute atomic E-state index is 11.4. The Morgan fingerprint density at radius 2 is 2.16 bits per heavy atom. The van der Waals surface area contributed by atoms with E-state index < -0.39 is 4.92 Å². The molecule has 0 aromatic heterocycles. The van der Waals surface area contributed by atoms with E-state index in [4.69, 9.17) is 4.74 Å². The van der Waals surface area contributed by atoms with Crippen LogP contribution in [-0.2, 0) is 4.79 Å². The van der Waals surface area contributed by atoms with Crippen molar-refractivity contribution < 1.29 is 14.5 Å². The third-order valence-corrected chi connectivity index (χ3v) is 2.81. The second-order valence-electron chi connectivity index (χ2n) is 4.52. The summed E-state index contributed by atoms with van der Waals surface area (Å²) >= 11 is 0. The molecule has 1 aliphatic rings. The fraction of sp³-hybridized carbons (Fsp3) is 0.462. The molecule has 0 saturated heterocycles. The number of hydrogen-bond donors (Lipinski definition) is 1. The number of carbonyl (C=O) groups is 1. The van der Waals surface area contributed by atoms with Crippen molar-refractivity contribution in [2.75, 3.05) is 6.61 Å². The summed E-state index contributed by atoms with van der Waals surface area (Å²) < 4.78 is 5.35. The van der Waals surface area contributed by atoms with E-state index in [0.717, 1.165) is 12.8 Å². The zero-order valence-corrected chi connectivity index (χ0v) is 10.5. The molecule has 1 amide bonds. The minimum Gasteiger partial charge on any atom is -0.487 e. The van der Waals surface area contributed by atoms with Gasteiger partial charge in [0.2, 0.25) is 5.91 Å². The van der Waals surface area contributed by atoms with Gasteiger partial charge in [-0.3, -0.25) is 14.9 Å². The van der Waals surface area contributed by atoms with E-state index in [-0.39, 0.29) is 17.3 Å². The zero-order chi connectivity index (χ0) is 13.7. The van der Waals surface area contributed by atoms with E-state index in [0.29, 0.717) is 25.5 Å². The summed E-state index contributed by atoms with van der Waals surface area (Å²) in [5.74, 6) is 0.267. The molecule has 1 fully saturated rings. The normalized spacial score (nSPS) is 13.9. The second kappa shape index (κ2) is 6.17. The number of benzene rings is 1. The molecule has 1 aromatic rings. The average Bonchev–Trinajstić information content (AvgIpc) is 3.19. The maximum atomic E-state index is 11.4. The first-order valence-corrected chi connectivity index (χ1v) is 6.32. The molecule has 1 N–H and O–H groups in total. The Labute approximate surface area is 110 Å². The van der Waals surface area contributed by atoms with Gasteiger partial charge in [-0.25, -0.2) is 0 Å². The van der Waals surface area contributed by atoms with Crippen molar-refractivity contribution in [1.29, 1.82) is 0 Å². The number of hydrogen-bond acceptors (Lipinski definition) is 4. The van der Waals surface area contributed by atoms with Gasteiger partial charge in [-0.15, -0.1) is 0 Å². The van der Waals surface area contributed by atoms with Crippen molar-refractivity contribution in [2.24, 2.45) is 0 Å². The summed E-state index contributed by atoms with van der Waals surface area (Å²) in [4.78, 5) is 21.7. The molecule has 0 spiro atoms. The van der Waals surface area contributed by atoms with E-state index in [2.05, 4.69) is 5.32 Å². The predicted octanol–water partition coefficient (Wildman–Crippen LogP) is 2.03. The molecular formula is C13H16N2O4. The van der Waals surface area contributed by atoms with Gasteiger partial charge < -0.3 is 10.1 Å². The lowest BCUT2D eigenvalue weighted by molar-refractivity contribution is -0.385. The molecule has 6 heteroatoms. The van der Waals surface area contributed by atoms with E-state index in [1.807, 2.05) is 0 Å². The van der Waals surface area contributed by atoms with Crippen molar-refractivity contribution in [3.05, 3.63) is 34.4 Å². The monoisotopic (exact) mass is 264 g/mol. The van der Waals surface area contributed by atoms with Crippen LogP contribution in [0.1, 0.15) is 25.7 Å². The van der Waals surface area contributed by atoms with Gasteiger partial charge in [0.25, 0.3) is 0 Å². The first kappa shape index (κ1) is 13.3. The second-order valence-corrected chi connectivity index (χ2v) is 4.52. The van der Waals surface area contributed by atoms with Crippen LogP contribution in [0.5, 0.6) is 5.75 Å². The highest BCUT2D eigenvalue weighted by Crippen LogP contribution is 2.25. The number of para-hydroxylation sites is 2. The molecule has 0 unspecified atom stereocenters. The zero-order valence-electron chi connectivity index (χ0n) is 10.5. The van der Waals surface area contributed by atoms with Crippen LogP contribution in [0, 0.1) is 10.1 Å². The van der Waals surface area contributed by atoms with Gasteiger partial charge in [-0.1, -0.05) is 12.1 Å². The SMILES string of the molecule is O=C(CCCOc1ccccc1[N+](=O)[O-])NC1CC1. The van der Waals surface area contributed by atoms with Crippen LogP contribution in [0.4, 0.5) is 5.69 Å². The number of nitro benzene ring substituents is 1. The maximum Gasteiger partial charge on any atom is 0.310 e. The van der Waals surface area contributed by atoms with Crippen molar-refractivity contribution in [3.8, 4) is 5.75 Å². The Morgan fingerprint density at radius 1 is 1.42 bits per heavy atom. The van der Waals surface area contributed by atoms with Crippen molar-refractivity contribution >= 4 is 11.6 Å². The van der Waals surface area contributed by atoms with Crippen LogP contribution < -0.4 is 10.1 Å². The number of ether oxygens (including phenoxy) is 1. The van der Waals surface area contributed by atoms with Crippen molar-refractivity contribution in [1.82, 2.24) is 5.32 Å². The lowest BCUT2D eigenvalue weighted by atomic mass is 10.3. The molecule has 0 aliphatic heterocycles. The topological polar surface area (TPSA) is 81.5 Å².